The number of likely N-dealkylation sites (N-methyl/N-ethyl adjacent to an activating group) is 1. The number of rotatable bonds is 2. The molecule has 9 heteroatoms. The van der Waals surface area contributed by atoms with E-state index in [0.29, 0.717) is 29.5 Å². The maximum absolute atomic E-state index is 14.2. The van der Waals surface area contributed by atoms with Crippen LogP contribution in [0, 0.1) is 11.7 Å². The molecular formula is C17H18F4N4S. The number of benzene rings is 1. The zero-order valence-corrected chi connectivity index (χ0v) is 14.9. The summed E-state index contributed by atoms with van der Waals surface area (Å²) >= 11 is 1.24. The molecule has 5 rings (SSSR count). The maximum Gasteiger partial charge on any atom is 0.410 e. The molecule has 0 radical (unpaired) electrons. The molecule has 2 saturated heterocycles. The second-order valence-corrected chi connectivity index (χ2v) is 8.39. The highest BCUT2D eigenvalue weighted by Crippen LogP contribution is 2.50. The normalized spacial score (nSPS) is 31.0. The van der Waals surface area contributed by atoms with Gasteiger partial charge in [0.2, 0.25) is 0 Å². The smallest absolute Gasteiger partial charge is 0.352 e. The van der Waals surface area contributed by atoms with Crippen molar-refractivity contribution >= 4 is 29.2 Å². The Balaban J connectivity index is 1.63. The van der Waals surface area contributed by atoms with Gasteiger partial charge in [-0.15, -0.1) is 0 Å². The van der Waals surface area contributed by atoms with Gasteiger partial charge in [0.1, 0.15) is 23.4 Å². The van der Waals surface area contributed by atoms with Crippen LogP contribution in [0.5, 0.6) is 0 Å². The number of hydrogen-bond donors (Lipinski definition) is 1. The van der Waals surface area contributed by atoms with E-state index < -0.39 is 24.1 Å². The Hall–Kier alpha value is -1.48. The van der Waals surface area contributed by atoms with E-state index in [-0.39, 0.29) is 11.7 Å². The SMILES string of the molecule is CN1C[C@H]2C[C@@H]1[C@H](C(F)(F)F)N2c1cc(F)cc2c1N=C(C1CC1)NS2. The van der Waals surface area contributed by atoms with Gasteiger partial charge in [-0.1, -0.05) is 0 Å². The lowest BCUT2D eigenvalue weighted by molar-refractivity contribution is -0.159. The third kappa shape index (κ3) is 2.51. The molecule has 140 valence electrons. The molecule has 3 fully saturated rings. The summed E-state index contributed by atoms with van der Waals surface area (Å²) in [7, 11) is 1.73. The zero-order valence-electron chi connectivity index (χ0n) is 14.1. The van der Waals surface area contributed by atoms with E-state index >= 15 is 0 Å². The summed E-state index contributed by atoms with van der Waals surface area (Å²) in [4.78, 5) is 8.30. The van der Waals surface area contributed by atoms with Gasteiger partial charge in [-0.05, 0) is 50.4 Å². The van der Waals surface area contributed by atoms with E-state index in [1.165, 1.54) is 29.0 Å². The Kier molecular flexibility index (Phi) is 3.54. The van der Waals surface area contributed by atoms with E-state index in [1.807, 2.05) is 0 Å². The van der Waals surface area contributed by atoms with Gasteiger partial charge in [-0.3, -0.25) is 4.90 Å². The lowest BCUT2D eigenvalue weighted by atomic mass is 10.1. The van der Waals surface area contributed by atoms with E-state index in [9.17, 15) is 17.6 Å². The lowest BCUT2D eigenvalue weighted by Crippen LogP contribution is -2.58. The molecule has 3 atom stereocenters. The zero-order chi connectivity index (χ0) is 18.2. The number of likely N-dealkylation sites (tertiary alicyclic amines) is 1. The van der Waals surface area contributed by atoms with Gasteiger partial charge in [0, 0.05) is 24.5 Å². The average molecular weight is 386 g/mol. The van der Waals surface area contributed by atoms with Crippen molar-refractivity contribution in [2.24, 2.45) is 10.9 Å². The molecule has 26 heavy (non-hydrogen) atoms. The van der Waals surface area contributed by atoms with Crippen LogP contribution in [-0.4, -0.2) is 48.6 Å². The van der Waals surface area contributed by atoms with Crippen molar-refractivity contribution in [1.29, 1.82) is 0 Å². The van der Waals surface area contributed by atoms with Gasteiger partial charge in [0.25, 0.3) is 0 Å². The first kappa shape index (κ1) is 16.7. The molecule has 1 aromatic carbocycles. The fourth-order valence-electron chi connectivity index (χ4n) is 4.44. The maximum atomic E-state index is 14.2. The van der Waals surface area contributed by atoms with Crippen molar-refractivity contribution in [2.45, 2.75) is 48.5 Å². The fraction of sp³-hybridized carbons (Fsp3) is 0.588. The molecule has 4 nitrogen and oxygen atoms in total. The van der Waals surface area contributed by atoms with Crippen LogP contribution < -0.4 is 9.62 Å². The summed E-state index contributed by atoms with van der Waals surface area (Å²) in [5.74, 6) is 0.601. The summed E-state index contributed by atoms with van der Waals surface area (Å²) in [6.07, 6.45) is -1.88. The highest BCUT2D eigenvalue weighted by Gasteiger charge is 2.60. The Bertz CT molecular complexity index is 792. The van der Waals surface area contributed by atoms with Crippen molar-refractivity contribution in [3.05, 3.63) is 17.9 Å². The third-order valence-electron chi connectivity index (χ3n) is 5.73. The van der Waals surface area contributed by atoms with Crippen molar-refractivity contribution in [1.82, 2.24) is 9.62 Å². The Morgan fingerprint density at radius 3 is 2.73 bits per heavy atom. The molecular weight excluding hydrogens is 368 g/mol. The lowest BCUT2D eigenvalue weighted by Gasteiger charge is -2.42. The highest BCUT2D eigenvalue weighted by molar-refractivity contribution is 7.98. The molecule has 1 N–H and O–H groups in total. The standard InChI is InChI=1S/C17H18F4N4S/c1-24-7-10-6-12(24)15(17(19,20)21)25(10)11-4-9(18)5-13-14(11)22-16(23-26-13)8-2-3-8/h4-5,8,10,12,15H,2-3,6-7H2,1H3,(H,22,23)/t10-,12-,15-/m1/s1. The minimum atomic E-state index is -4.38. The number of nitrogens with one attached hydrogen (secondary N) is 1. The van der Waals surface area contributed by atoms with Gasteiger partial charge < -0.3 is 9.62 Å². The first-order chi connectivity index (χ1) is 12.3. The second-order valence-electron chi connectivity index (χ2n) is 7.54. The van der Waals surface area contributed by atoms with Crippen molar-refractivity contribution in [2.75, 3.05) is 18.5 Å². The number of anilines is 1. The van der Waals surface area contributed by atoms with Crippen molar-refractivity contribution in [3.63, 3.8) is 0 Å². The van der Waals surface area contributed by atoms with E-state index in [2.05, 4.69) is 9.71 Å². The van der Waals surface area contributed by atoms with E-state index in [0.717, 1.165) is 18.7 Å². The van der Waals surface area contributed by atoms with E-state index in [4.69, 9.17) is 0 Å². The minimum absolute atomic E-state index is 0.273. The van der Waals surface area contributed by atoms with Crippen molar-refractivity contribution < 1.29 is 17.6 Å². The first-order valence-electron chi connectivity index (χ1n) is 8.73. The number of fused-ring (bicyclic) bond motifs is 3. The van der Waals surface area contributed by atoms with Crippen LogP contribution in [-0.2, 0) is 0 Å². The molecule has 0 spiro atoms. The molecule has 3 heterocycles. The van der Waals surface area contributed by atoms with Crippen LogP contribution in [0.4, 0.5) is 28.9 Å². The van der Waals surface area contributed by atoms with Crippen LogP contribution >= 0.6 is 11.9 Å². The largest absolute Gasteiger partial charge is 0.410 e. The Morgan fingerprint density at radius 1 is 1.27 bits per heavy atom. The molecule has 0 unspecified atom stereocenters. The molecule has 0 amide bonds. The summed E-state index contributed by atoms with van der Waals surface area (Å²) in [6.45, 7) is 0.549. The predicted octanol–water partition coefficient (Wildman–Crippen LogP) is 3.70. The number of hydrogen-bond acceptors (Lipinski definition) is 5. The molecule has 1 aliphatic carbocycles. The number of amidine groups is 1. The molecule has 1 aromatic rings. The number of aliphatic imine (C=N–C) groups is 1. The number of piperazine rings is 1. The second kappa shape index (κ2) is 5.51. The fourth-order valence-corrected chi connectivity index (χ4v) is 5.28. The predicted molar refractivity (Wildman–Crippen MR) is 92.4 cm³/mol. The van der Waals surface area contributed by atoms with Gasteiger partial charge in [0.05, 0.1) is 10.6 Å². The average Bonchev–Trinajstić information content (AvgIpc) is 3.26. The number of alkyl halides is 3. The van der Waals surface area contributed by atoms with Crippen molar-refractivity contribution in [3.8, 4) is 0 Å². The van der Waals surface area contributed by atoms with Crippen LogP contribution in [0.15, 0.2) is 22.0 Å². The highest BCUT2D eigenvalue weighted by atomic mass is 32.2. The monoisotopic (exact) mass is 386 g/mol. The summed E-state index contributed by atoms with van der Waals surface area (Å²) < 4.78 is 58.9. The van der Waals surface area contributed by atoms with Crippen LogP contribution in [0.25, 0.3) is 0 Å². The quantitative estimate of drug-likeness (QED) is 0.620. The molecule has 3 aliphatic heterocycles. The van der Waals surface area contributed by atoms with Gasteiger partial charge in [0.15, 0.2) is 0 Å². The van der Waals surface area contributed by atoms with Gasteiger partial charge in [-0.2, -0.15) is 13.2 Å². The van der Waals surface area contributed by atoms with E-state index in [1.54, 1.807) is 11.9 Å². The first-order valence-corrected chi connectivity index (χ1v) is 9.55. The summed E-state index contributed by atoms with van der Waals surface area (Å²) in [5, 5.41) is 0. The molecule has 0 aromatic heterocycles. The van der Waals surface area contributed by atoms with Crippen LogP contribution in [0.2, 0.25) is 0 Å². The Morgan fingerprint density at radius 2 is 2.04 bits per heavy atom. The molecule has 1 saturated carbocycles. The summed E-state index contributed by atoms with van der Waals surface area (Å²) in [5.41, 5.74) is 0.747. The number of nitrogens with zero attached hydrogens (tertiary/aromatic N) is 3. The molecule has 2 bridgehead atoms. The Labute approximate surface area is 152 Å². The van der Waals surface area contributed by atoms with Crippen LogP contribution in [0.1, 0.15) is 19.3 Å². The number of halogens is 4. The minimum Gasteiger partial charge on any atom is -0.352 e. The van der Waals surface area contributed by atoms with Crippen LogP contribution in [0.3, 0.4) is 0 Å². The summed E-state index contributed by atoms with van der Waals surface area (Å²) in [6, 6.07) is 0.0593. The molecule has 4 aliphatic rings. The van der Waals surface area contributed by atoms with Gasteiger partial charge in [-0.25, -0.2) is 9.38 Å². The third-order valence-corrected chi connectivity index (χ3v) is 6.57. The van der Waals surface area contributed by atoms with Gasteiger partial charge >= 0.3 is 6.18 Å². The topological polar surface area (TPSA) is 30.9 Å².